The van der Waals surface area contributed by atoms with Gasteiger partial charge in [-0.3, -0.25) is 0 Å². The number of nitrogens with zero attached hydrogens (tertiary/aromatic N) is 3. The van der Waals surface area contributed by atoms with Crippen LogP contribution in [0.4, 0.5) is 16.4 Å². The minimum atomic E-state index is 0.0351. The van der Waals surface area contributed by atoms with E-state index in [1.165, 1.54) is 6.26 Å². The van der Waals surface area contributed by atoms with Crippen LogP contribution in [0.25, 0.3) is 0 Å². The Morgan fingerprint density at radius 3 is 2.24 bits per heavy atom. The molecule has 1 aromatic carbocycles. The number of aliphatic hydroxyl groups excluding tert-OH is 1. The van der Waals surface area contributed by atoms with Gasteiger partial charge in [-0.05, 0) is 43.2 Å². The zero-order valence-corrected chi connectivity index (χ0v) is 20.6. The summed E-state index contributed by atoms with van der Waals surface area (Å²) in [7, 11) is 0. The van der Waals surface area contributed by atoms with Gasteiger partial charge < -0.3 is 35.7 Å². The highest BCUT2D eigenvalue weighted by Gasteiger charge is 2.11. The molecule has 2 rings (SSSR count). The molecule has 0 radical (unpaired) electrons. The molecule has 9 nitrogen and oxygen atoms in total. The van der Waals surface area contributed by atoms with Crippen LogP contribution in [-0.2, 0) is 14.2 Å². The van der Waals surface area contributed by atoms with Crippen LogP contribution in [0.5, 0.6) is 0 Å². The van der Waals surface area contributed by atoms with Crippen molar-refractivity contribution in [3.8, 4) is 12.1 Å². The second kappa shape index (κ2) is 16.4. The highest BCUT2D eigenvalue weighted by atomic mass is 32.1. The topological polar surface area (TPSA) is 151 Å². The standard InChI is InChI=1S/C17H28N2O4.C7H5N3S/c1-3-21-12-13-23-10-7-19(6-9-22-11-8-20)16-4-5-17(18)15(2)14-16;1-4-5(2-8)7(10)11-6(4)3-9/h3-5,14,20H,1,6-13,18H2,2H3;10H2,1H3. The molecule has 0 saturated heterocycles. The third-order valence-electron chi connectivity index (χ3n) is 4.72. The van der Waals surface area contributed by atoms with Gasteiger partial charge in [0.05, 0.1) is 44.9 Å². The number of rotatable bonds is 13. The maximum Gasteiger partial charge on any atom is 0.111 e. The summed E-state index contributed by atoms with van der Waals surface area (Å²) in [5, 5.41) is 26.3. The number of hydrogen-bond donors (Lipinski definition) is 3. The zero-order chi connectivity index (χ0) is 25.3. The van der Waals surface area contributed by atoms with Gasteiger partial charge in [-0.2, -0.15) is 10.5 Å². The monoisotopic (exact) mass is 487 g/mol. The van der Waals surface area contributed by atoms with Gasteiger partial charge in [0.15, 0.2) is 0 Å². The quantitative estimate of drug-likeness (QED) is 0.220. The van der Waals surface area contributed by atoms with Gasteiger partial charge in [-0.25, -0.2) is 0 Å². The summed E-state index contributed by atoms with van der Waals surface area (Å²) in [6, 6.07) is 9.89. The molecule has 0 aliphatic carbocycles. The molecule has 0 aliphatic heterocycles. The lowest BCUT2D eigenvalue weighted by Crippen LogP contribution is -2.31. The average molecular weight is 488 g/mol. The van der Waals surface area contributed by atoms with E-state index in [4.69, 9.17) is 41.3 Å². The number of aliphatic hydroxyl groups is 1. The number of hydrogen-bond acceptors (Lipinski definition) is 10. The van der Waals surface area contributed by atoms with E-state index in [9.17, 15) is 0 Å². The number of ether oxygens (including phenoxy) is 3. The van der Waals surface area contributed by atoms with Crippen LogP contribution in [0.3, 0.4) is 0 Å². The van der Waals surface area contributed by atoms with E-state index < -0.39 is 0 Å². The number of aryl methyl sites for hydroxylation is 1. The Balaban J connectivity index is 0.000000437. The van der Waals surface area contributed by atoms with Crippen molar-refractivity contribution in [2.24, 2.45) is 0 Å². The van der Waals surface area contributed by atoms with Crippen LogP contribution in [0.2, 0.25) is 0 Å². The Hall–Kier alpha value is -3.28. The van der Waals surface area contributed by atoms with Crippen LogP contribution < -0.4 is 16.4 Å². The van der Waals surface area contributed by atoms with E-state index in [1.54, 1.807) is 6.92 Å². The Labute approximate surface area is 205 Å². The third kappa shape index (κ3) is 9.69. The number of nitriles is 2. The molecule has 184 valence electrons. The summed E-state index contributed by atoms with van der Waals surface area (Å²) < 4.78 is 15.9. The first-order chi connectivity index (χ1) is 16.4. The minimum absolute atomic E-state index is 0.0351. The molecular formula is C24H33N5O4S. The first kappa shape index (κ1) is 28.8. The van der Waals surface area contributed by atoms with Crippen LogP contribution in [0.1, 0.15) is 21.6 Å². The molecule has 0 fully saturated rings. The molecule has 0 spiro atoms. The zero-order valence-electron chi connectivity index (χ0n) is 19.7. The summed E-state index contributed by atoms with van der Waals surface area (Å²) in [6.45, 7) is 11.2. The van der Waals surface area contributed by atoms with Crippen LogP contribution >= 0.6 is 11.3 Å². The molecule has 5 N–H and O–H groups in total. The van der Waals surface area contributed by atoms with Crippen LogP contribution in [0, 0.1) is 36.5 Å². The predicted molar refractivity (Wildman–Crippen MR) is 136 cm³/mol. The fourth-order valence-electron chi connectivity index (χ4n) is 2.82. The number of anilines is 3. The SMILES string of the molecule is C=COCCOCCN(CCOCCO)c1ccc(N)c(C)c1.Cc1c(C#N)sc(N)c1C#N. The highest BCUT2D eigenvalue weighted by molar-refractivity contribution is 7.16. The lowest BCUT2D eigenvalue weighted by Gasteiger charge is -2.25. The predicted octanol–water partition coefficient (Wildman–Crippen LogP) is 2.95. The van der Waals surface area contributed by atoms with Gasteiger partial charge in [-0.15, -0.1) is 11.3 Å². The van der Waals surface area contributed by atoms with Gasteiger partial charge in [0.25, 0.3) is 0 Å². The molecule has 0 aliphatic rings. The van der Waals surface area contributed by atoms with Crippen molar-refractivity contribution in [3.05, 3.63) is 52.6 Å². The number of nitrogen functional groups attached to an aromatic ring is 2. The van der Waals surface area contributed by atoms with E-state index in [-0.39, 0.29) is 6.61 Å². The molecule has 1 heterocycles. The van der Waals surface area contributed by atoms with Crippen LogP contribution in [0.15, 0.2) is 31.0 Å². The minimum Gasteiger partial charge on any atom is -0.499 e. The fraction of sp³-hybridized carbons (Fsp3) is 0.417. The van der Waals surface area contributed by atoms with Crippen molar-refractivity contribution in [2.45, 2.75) is 13.8 Å². The molecular weight excluding hydrogens is 454 g/mol. The molecule has 34 heavy (non-hydrogen) atoms. The molecule has 0 saturated carbocycles. The lowest BCUT2D eigenvalue weighted by atomic mass is 10.1. The van der Waals surface area contributed by atoms with Gasteiger partial charge in [0.2, 0.25) is 0 Å². The van der Waals surface area contributed by atoms with E-state index in [1.807, 2.05) is 31.2 Å². The molecule has 2 aromatic rings. The highest BCUT2D eigenvalue weighted by Crippen LogP contribution is 2.28. The first-order valence-corrected chi connectivity index (χ1v) is 11.5. The summed E-state index contributed by atoms with van der Waals surface area (Å²) >= 11 is 1.16. The normalized spacial score (nSPS) is 9.91. The number of nitrogens with two attached hydrogens (primary N) is 2. The molecule has 0 bridgehead atoms. The number of thiophene rings is 1. The Bertz CT molecular complexity index is 981. The maximum absolute atomic E-state index is 8.77. The second-order valence-corrected chi connectivity index (χ2v) is 8.08. The Kier molecular flexibility index (Phi) is 13.8. The molecule has 10 heteroatoms. The number of benzene rings is 1. The van der Waals surface area contributed by atoms with E-state index in [0.717, 1.165) is 41.4 Å². The molecule has 0 atom stereocenters. The summed E-state index contributed by atoms with van der Waals surface area (Å²) in [5.41, 5.74) is 15.4. The van der Waals surface area contributed by atoms with Crippen molar-refractivity contribution in [1.29, 1.82) is 10.5 Å². The van der Waals surface area contributed by atoms with E-state index in [2.05, 4.69) is 17.5 Å². The Morgan fingerprint density at radius 1 is 1.06 bits per heavy atom. The van der Waals surface area contributed by atoms with Crippen molar-refractivity contribution in [1.82, 2.24) is 0 Å². The maximum atomic E-state index is 8.77. The van der Waals surface area contributed by atoms with Gasteiger partial charge >= 0.3 is 0 Å². The molecule has 0 amide bonds. The van der Waals surface area contributed by atoms with Crippen molar-refractivity contribution in [2.75, 3.05) is 69.1 Å². The molecule has 0 unspecified atom stereocenters. The van der Waals surface area contributed by atoms with Crippen molar-refractivity contribution in [3.63, 3.8) is 0 Å². The smallest absolute Gasteiger partial charge is 0.111 e. The van der Waals surface area contributed by atoms with E-state index in [0.29, 0.717) is 54.0 Å². The third-order valence-corrected chi connectivity index (χ3v) is 5.74. The van der Waals surface area contributed by atoms with Crippen molar-refractivity contribution < 1.29 is 19.3 Å². The first-order valence-electron chi connectivity index (χ1n) is 10.7. The fourth-order valence-corrected chi connectivity index (χ4v) is 3.64. The lowest BCUT2D eigenvalue weighted by molar-refractivity contribution is 0.0842. The summed E-state index contributed by atoms with van der Waals surface area (Å²) in [6.07, 6.45) is 1.41. The Morgan fingerprint density at radius 2 is 1.74 bits per heavy atom. The summed E-state index contributed by atoms with van der Waals surface area (Å²) in [4.78, 5) is 2.71. The molecule has 1 aromatic heterocycles. The van der Waals surface area contributed by atoms with Crippen molar-refractivity contribution >= 4 is 27.7 Å². The van der Waals surface area contributed by atoms with Gasteiger partial charge in [0.1, 0.15) is 28.6 Å². The van der Waals surface area contributed by atoms with Gasteiger partial charge in [0, 0.05) is 24.5 Å². The second-order valence-electron chi connectivity index (χ2n) is 7.03. The van der Waals surface area contributed by atoms with E-state index >= 15 is 0 Å². The largest absolute Gasteiger partial charge is 0.499 e. The summed E-state index contributed by atoms with van der Waals surface area (Å²) in [5.74, 6) is 0. The van der Waals surface area contributed by atoms with Crippen LogP contribution in [-0.4, -0.2) is 57.8 Å². The average Bonchev–Trinajstić information content (AvgIpc) is 3.12. The van der Waals surface area contributed by atoms with Gasteiger partial charge in [-0.1, -0.05) is 6.58 Å².